The Balaban J connectivity index is 4.56. The molecule has 0 rings (SSSR count). The van der Waals surface area contributed by atoms with E-state index in [1.807, 2.05) is 0 Å². The first-order valence-corrected chi connectivity index (χ1v) is 2.70. The molecule has 0 spiro atoms. The van der Waals surface area contributed by atoms with Gasteiger partial charge in [0.1, 0.15) is 5.57 Å². The van der Waals surface area contributed by atoms with Crippen molar-refractivity contribution in [1.82, 2.24) is 0 Å². The van der Waals surface area contributed by atoms with Crippen molar-refractivity contribution < 1.29 is 18.0 Å². The molecule has 10 heavy (non-hydrogen) atoms. The van der Waals surface area contributed by atoms with Crippen molar-refractivity contribution in [2.45, 2.75) is 13.1 Å². The van der Waals surface area contributed by atoms with Crippen molar-refractivity contribution in [3.8, 4) is 0 Å². The zero-order valence-corrected chi connectivity index (χ0v) is 5.75. The van der Waals surface area contributed by atoms with Crippen LogP contribution in [0.5, 0.6) is 0 Å². The summed E-state index contributed by atoms with van der Waals surface area (Å²) in [7, 11) is 0. The van der Waals surface area contributed by atoms with Gasteiger partial charge in [0, 0.05) is 0 Å². The first-order valence-electron chi connectivity index (χ1n) is 2.33. The summed E-state index contributed by atoms with van der Waals surface area (Å²) in [6, 6.07) is 0. The van der Waals surface area contributed by atoms with Gasteiger partial charge in [-0.05, 0) is 18.5 Å². The highest BCUT2D eigenvalue weighted by Crippen LogP contribution is 2.26. The molecule has 0 unspecified atom stereocenters. The van der Waals surface area contributed by atoms with Crippen molar-refractivity contribution in [1.29, 1.82) is 0 Å². The van der Waals surface area contributed by atoms with E-state index < -0.39 is 17.0 Å². The second kappa shape index (κ2) is 3.05. The summed E-state index contributed by atoms with van der Waals surface area (Å²) in [5, 5.41) is -1.48. The lowest BCUT2D eigenvalue weighted by molar-refractivity contribution is -0.122. The molecule has 0 aromatic carbocycles. The molecule has 0 saturated carbocycles. The summed E-state index contributed by atoms with van der Waals surface area (Å²) in [5.41, 5.74) is -1.32. The van der Waals surface area contributed by atoms with Crippen LogP contribution in [0, 0.1) is 0 Å². The highest BCUT2D eigenvalue weighted by Gasteiger charge is 2.36. The summed E-state index contributed by atoms with van der Waals surface area (Å²) >= 11 is 4.60. The molecule has 0 aliphatic rings. The third kappa shape index (κ3) is 2.39. The van der Waals surface area contributed by atoms with Crippen LogP contribution in [-0.4, -0.2) is 11.4 Å². The first kappa shape index (κ1) is 9.49. The Morgan fingerprint density at radius 2 is 1.90 bits per heavy atom. The number of carbonyl (C=O) groups excluding carboxylic acids is 1. The molecular formula is C5H4ClF3O. The number of halogens is 4. The molecule has 1 nitrogen and oxygen atoms in total. The second-order valence-corrected chi connectivity index (χ2v) is 1.82. The topological polar surface area (TPSA) is 17.1 Å². The fourth-order valence-corrected chi connectivity index (χ4v) is 0.605. The van der Waals surface area contributed by atoms with Crippen LogP contribution in [0.2, 0.25) is 0 Å². The average Bonchev–Trinajstić information content (AvgIpc) is 1.60. The molecule has 0 radical (unpaired) electrons. The molecule has 0 aliphatic heterocycles. The molecule has 0 aromatic heterocycles. The Kier molecular flexibility index (Phi) is 2.90. The van der Waals surface area contributed by atoms with E-state index in [2.05, 4.69) is 11.6 Å². The van der Waals surface area contributed by atoms with E-state index in [0.717, 1.165) is 6.92 Å². The predicted octanol–water partition coefficient (Wildman–Crippen LogP) is 2.26. The van der Waals surface area contributed by atoms with Crippen molar-refractivity contribution in [2.75, 3.05) is 0 Å². The minimum atomic E-state index is -4.63. The van der Waals surface area contributed by atoms with E-state index in [4.69, 9.17) is 0 Å². The van der Waals surface area contributed by atoms with E-state index >= 15 is 0 Å². The van der Waals surface area contributed by atoms with Gasteiger partial charge in [0.05, 0.1) is 0 Å². The zero-order valence-electron chi connectivity index (χ0n) is 5.00. The summed E-state index contributed by atoms with van der Waals surface area (Å²) < 4.78 is 34.8. The van der Waals surface area contributed by atoms with Crippen LogP contribution in [-0.2, 0) is 4.79 Å². The standard InChI is InChI=1S/C5H4ClF3O/c1-2-3(4(6)10)5(7,8)9/h2H,1H3/b3-2-. The minimum absolute atomic E-state index is 0.634. The van der Waals surface area contributed by atoms with Gasteiger partial charge in [-0.2, -0.15) is 13.2 Å². The Morgan fingerprint density at radius 1 is 1.50 bits per heavy atom. The van der Waals surface area contributed by atoms with E-state index in [9.17, 15) is 18.0 Å². The minimum Gasteiger partial charge on any atom is -0.276 e. The lowest BCUT2D eigenvalue weighted by atomic mass is 10.3. The van der Waals surface area contributed by atoms with Crippen molar-refractivity contribution >= 4 is 16.8 Å². The molecule has 0 N–H and O–H groups in total. The molecule has 0 atom stereocenters. The summed E-state index contributed by atoms with van der Waals surface area (Å²) in [6.45, 7) is 1.10. The smallest absolute Gasteiger partial charge is 0.276 e. The normalized spacial score (nSPS) is 13.5. The quantitative estimate of drug-likeness (QED) is 0.438. The van der Waals surface area contributed by atoms with E-state index in [1.54, 1.807) is 0 Å². The number of rotatable bonds is 1. The van der Waals surface area contributed by atoms with Crippen LogP contribution >= 0.6 is 11.6 Å². The van der Waals surface area contributed by atoms with Gasteiger partial charge in [-0.25, -0.2) is 0 Å². The van der Waals surface area contributed by atoms with Crippen LogP contribution in [0.4, 0.5) is 13.2 Å². The maximum absolute atomic E-state index is 11.6. The second-order valence-electron chi connectivity index (χ2n) is 1.47. The fraction of sp³-hybridized carbons (Fsp3) is 0.400. The number of hydrogen-bond donors (Lipinski definition) is 0. The highest BCUT2D eigenvalue weighted by molar-refractivity contribution is 6.67. The third-order valence-electron chi connectivity index (χ3n) is 0.806. The van der Waals surface area contributed by atoms with Gasteiger partial charge in [-0.1, -0.05) is 6.08 Å². The van der Waals surface area contributed by atoms with Gasteiger partial charge < -0.3 is 0 Å². The SMILES string of the molecule is C/C=C(/C(=O)Cl)C(F)(F)F. The Morgan fingerprint density at radius 3 is 1.90 bits per heavy atom. The van der Waals surface area contributed by atoms with E-state index in [-0.39, 0.29) is 0 Å². The molecule has 0 fully saturated rings. The molecule has 58 valence electrons. The molecule has 0 aromatic rings. The van der Waals surface area contributed by atoms with Gasteiger partial charge in [0.2, 0.25) is 0 Å². The third-order valence-corrected chi connectivity index (χ3v) is 1.01. The number of hydrogen-bond acceptors (Lipinski definition) is 1. The van der Waals surface area contributed by atoms with E-state index in [0.29, 0.717) is 6.08 Å². The summed E-state index contributed by atoms with van der Waals surface area (Å²) in [6.07, 6.45) is -4.00. The highest BCUT2D eigenvalue weighted by atomic mass is 35.5. The molecule has 0 heterocycles. The Bertz CT molecular complexity index is 170. The van der Waals surface area contributed by atoms with Crippen molar-refractivity contribution in [3.05, 3.63) is 11.6 Å². The van der Waals surface area contributed by atoms with Crippen LogP contribution in [0.1, 0.15) is 6.92 Å². The van der Waals surface area contributed by atoms with Gasteiger partial charge in [-0.15, -0.1) is 0 Å². The maximum Gasteiger partial charge on any atom is 0.420 e. The molecule has 0 bridgehead atoms. The van der Waals surface area contributed by atoms with E-state index in [1.165, 1.54) is 0 Å². The van der Waals surface area contributed by atoms with Gasteiger partial charge in [0.15, 0.2) is 0 Å². The largest absolute Gasteiger partial charge is 0.420 e. The number of carbonyl (C=O) groups is 1. The zero-order chi connectivity index (χ0) is 8.36. The summed E-state index contributed by atoms with van der Waals surface area (Å²) in [4.78, 5) is 10.00. The van der Waals surface area contributed by atoms with Crippen LogP contribution in [0.25, 0.3) is 0 Å². The van der Waals surface area contributed by atoms with Crippen LogP contribution in [0.3, 0.4) is 0 Å². The Hall–Kier alpha value is -0.510. The summed E-state index contributed by atoms with van der Waals surface area (Å²) in [5.74, 6) is 0. The van der Waals surface area contributed by atoms with Gasteiger partial charge >= 0.3 is 6.18 Å². The Labute approximate surface area is 60.5 Å². The maximum atomic E-state index is 11.6. The predicted molar refractivity (Wildman–Crippen MR) is 30.7 cm³/mol. The number of alkyl halides is 3. The fourth-order valence-electron chi connectivity index (χ4n) is 0.389. The number of allylic oxidation sites excluding steroid dienone is 2. The van der Waals surface area contributed by atoms with Crippen molar-refractivity contribution in [2.24, 2.45) is 0 Å². The lowest BCUT2D eigenvalue weighted by Crippen LogP contribution is -2.16. The van der Waals surface area contributed by atoms with Crippen molar-refractivity contribution in [3.63, 3.8) is 0 Å². The molecule has 0 saturated heterocycles. The van der Waals surface area contributed by atoms with Gasteiger partial charge in [0.25, 0.3) is 5.24 Å². The lowest BCUT2D eigenvalue weighted by Gasteiger charge is -2.04. The molecule has 0 aliphatic carbocycles. The van der Waals surface area contributed by atoms with Gasteiger partial charge in [-0.3, -0.25) is 4.79 Å². The first-order chi connectivity index (χ1) is 4.39. The monoisotopic (exact) mass is 172 g/mol. The average molecular weight is 173 g/mol. The molecule has 5 heteroatoms. The van der Waals surface area contributed by atoms with Crippen LogP contribution < -0.4 is 0 Å². The molecule has 0 amide bonds. The van der Waals surface area contributed by atoms with Crippen LogP contribution in [0.15, 0.2) is 11.6 Å². The molecular weight excluding hydrogens is 169 g/mol.